The Morgan fingerprint density at radius 1 is 0.667 bits per heavy atom. The molecule has 1 aromatic heterocycles. The van der Waals surface area contributed by atoms with Crippen LogP contribution < -0.4 is 16.0 Å². The number of benzene rings is 6. The Hall–Kier alpha value is -6.13. The fourth-order valence-electron chi connectivity index (χ4n) is 5.49. The Bertz CT molecular complexity index is 2420. The van der Waals surface area contributed by atoms with Crippen molar-refractivity contribution in [2.75, 3.05) is 10.6 Å². The Labute approximate surface area is 325 Å². The number of nitrogens with zero attached hydrogens (tertiary/aromatic N) is 1. The second kappa shape index (κ2) is 16.7. The van der Waals surface area contributed by atoms with E-state index in [1.165, 1.54) is 17.8 Å². The lowest BCUT2D eigenvalue weighted by atomic mass is 10.1. The Morgan fingerprint density at radius 3 is 1.96 bits per heavy atom. The number of hydrogen-bond acceptors (Lipinski definition) is 6. The SMILES string of the molecule is O=C(Nc1ccc(SC(C(=O)Nc2ccc(-c3nc4ccccc4o3)cc2)c2ccccc2)cc1)/C(=C/c1c(Cl)cccc1Cl)NC(=O)c1ccccc1. The molecule has 7 aromatic rings. The van der Waals surface area contributed by atoms with Gasteiger partial charge in [0.25, 0.3) is 11.8 Å². The summed E-state index contributed by atoms with van der Waals surface area (Å²) < 4.78 is 5.89. The van der Waals surface area contributed by atoms with Crippen LogP contribution >= 0.6 is 35.0 Å². The van der Waals surface area contributed by atoms with Gasteiger partial charge in [0.1, 0.15) is 16.5 Å². The molecule has 0 bridgehead atoms. The first-order chi connectivity index (χ1) is 26.3. The van der Waals surface area contributed by atoms with Gasteiger partial charge >= 0.3 is 0 Å². The predicted molar refractivity (Wildman–Crippen MR) is 217 cm³/mol. The molecule has 54 heavy (non-hydrogen) atoms. The first kappa shape index (κ1) is 36.2. The predicted octanol–water partition coefficient (Wildman–Crippen LogP) is 10.7. The summed E-state index contributed by atoms with van der Waals surface area (Å²) in [6, 6.07) is 45.0. The molecule has 0 aliphatic carbocycles. The topological polar surface area (TPSA) is 113 Å². The number of aromatic nitrogens is 1. The van der Waals surface area contributed by atoms with E-state index >= 15 is 0 Å². The maximum atomic E-state index is 13.8. The summed E-state index contributed by atoms with van der Waals surface area (Å²) in [5.74, 6) is -0.767. The van der Waals surface area contributed by atoms with Gasteiger partial charge < -0.3 is 20.4 Å². The normalized spacial score (nSPS) is 11.9. The van der Waals surface area contributed by atoms with Crippen LogP contribution in [0.5, 0.6) is 0 Å². The summed E-state index contributed by atoms with van der Waals surface area (Å²) in [7, 11) is 0. The molecule has 0 fully saturated rings. The van der Waals surface area contributed by atoms with Crippen LogP contribution in [-0.4, -0.2) is 22.7 Å². The average molecular weight is 770 g/mol. The standard InChI is InChI=1S/C43H30Cl2N4O4S/c44-34-14-9-15-35(45)33(34)26-37(48-40(50)28-12-5-2-6-13-28)41(51)46-31-22-24-32(25-23-31)54-39(27-10-3-1-4-11-27)42(52)47-30-20-18-29(19-21-30)43-49-36-16-7-8-17-38(36)53-43/h1-26,39H,(H,46,51)(H,47,52)(H,48,50)/b37-26-. The highest BCUT2D eigenvalue weighted by Crippen LogP contribution is 2.37. The molecule has 0 aliphatic rings. The summed E-state index contributed by atoms with van der Waals surface area (Å²) in [4.78, 5) is 45.8. The molecule has 0 aliphatic heterocycles. The van der Waals surface area contributed by atoms with Crippen LogP contribution in [0.4, 0.5) is 11.4 Å². The second-order valence-electron chi connectivity index (χ2n) is 12.0. The Morgan fingerprint density at radius 2 is 1.28 bits per heavy atom. The number of carbonyl (C=O) groups excluding carboxylic acids is 3. The van der Waals surface area contributed by atoms with Gasteiger partial charge in [-0.3, -0.25) is 14.4 Å². The van der Waals surface area contributed by atoms with E-state index in [0.717, 1.165) is 21.5 Å². The van der Waals surface area contributed by atoms with Crippen LogP contribution in [0.15, 0.2) is 167 Å². The van der Waals surface area contributed by atoms with Crippen LogP contribution in [0.25, 0.3) is 28.6 Å². The third-order valence-electron chi connectivity index (χ3n) is 8.22. The van der Waals surface area contributed by atoms with Crippen molar-refractivity contribution >= 4 is 81.2 Å². The molecule has 0 saturated heterocycles. The number of anilines is 2. The first-order valence-corrected chi connectivity index (χ1v) is 18.4. The molecule has 11 heteroatoms. The molecule has 3 amide bonds. The van der Waals surface area contributed by atoms with Gasteiger partial charge in [0.2, 0.25) is 11.8 Å². The van der Waals surface area contributed by atoms with Crippen LogP contribution in [0.1, 0.15) is 26.7 Å². The largest absolute Gasteiger partial charge is 0.436 e. The fraction of sp³-hybridized carbons (Fsp3) is 0.0233. The van der Waals surface area contributed by atoms with E-state index in [9.17, 15) is 14.4 Å². The molecular formula is C43H30Cl2N4O4S. The minimum Gasteiger partial charge on any atom is -0.436 e. The summed E-state index contributed by atoms with van der Waals surface area (Å²) in [5.41, 5.74) is 4.88. The lowest BCUT2D eigenvalue weighted by Crippen LogP contribution is -2.30. The highest BCUT2D eigenvalue weighted by molar-refractivity contribution is 8.00. The van der Waals surface area contributed by atoms with Crippen molar-refractivity contribution in [2.24, 2.45) is 0 Å². The van der Waals surface area contributed by atoms with Gasteiger partial charge in [-0.15, -0.1) is 11.8 Å². The second-order valence-corrected chi connectivity index (χ2v) is 13.9. The molecule has 0 radical (unpaired) electrons. The number of carbonyl (C=O) groups is 3. The monoisotopic (exact) mass is 768 g/mol. The van der Waals surface area contributed by atoms with Gasteiger partial charge in [-0.1, -0.05) is 89.9 Å². The zero-order chi connectivity index (χ0) is 37.4. The third-order valence-corrected chi connectivity index (χ3v) is 10.1. The van der Waals surface area contributed by atoms with E-state index in [0.29, 0.717) is 44.0 Å². The van der Waals surface area contributed by atoms with E-state index < -0.39 is 17.1 Å². The van der Waals surface area contributed by atoms with Crippen LogP contribution in [0, 0.1) is 0 Å². The third kappa shape index (κ3) is 8.73. The zero-order valence-corrected chi connectivity index (χ0v) is 30.7. The van der Waals surface area contributed by atoms with Crippen LogP contribution in [0.2, 0.25) is 10.0 Å². The van der Waals surface area contributed by atoms with Crippen molar-refractivity contribution in [3.05, 3.63) is 184 Å². The van der Waals surface area contributed by atoms with Crippen molar-refractivity contribution in [1.82, 2.24) is 10.3 Å². The van der Waals surface area contributed by atoms with Gasteiger partial charge in [-0.2, -0.15) is 0 Å². The van der Waals surface area contributed by atoms with E-state index in [1.54, 1.807) is 60.7 Å². The molecule has 6 aromatic carbocycles. The van der Waals surface area contributed by atoms with E-state index in [1.807, 2.05) is 91.0 Å². The van der Waals surface area contributed by atoms with Crippen LogP contribution in [0.3, 0.4) is 0 Å². The van der Waals surface area contributed by atoms with Crippen molar-refractivity contribution in [1.29, 1.82) is 0 Å². The number of amides is 3. The molecule has 1 unspecified atom stereocenters. The first-order valence-electron chi connectivity index (χ1n) is 16.7. The van der Waals surface area contributed by atoms with Gasteiger partial charge in [0.05, 0.1) is 0 Å². The molecular weight excluding hydrogens is 739 g/mol. The molecule has 1 atom stereocenters. The van der Waals surface area contributed by atoms with Gasteiger partial charge in [-0.05, 0) is 96.6 Å². The molecule has 266 valence electrons. The number of hydrogen-bond donors (Lipinski definition) is 3. The highest BCUT2D eigenvalue weighted by Gasteiger charge is 2.23. The Kier molecular flexibility index (Phi) is 11.2. The number of fused-ring (bicyclic) bond motifs is 1. The number of oxazole rings is 1. The van der Waals surface area contributed by atoms with Gasteiger partial charge in [0, 0.05) is 43.0 Å². The smallest absolute Gasteiger partial charge is 0.272 e. The molecule has 7 rings (SSSR count). The zero-order valence-electron chi connectivity index (χ0n) is 28.3. The van der Waals surface area contributed by atoms with Gasteiger partial charge in [0.15, 0.2) is 5.58 Å². The molecule has 3 N–H and O–H groups in total. The maximum absolute atomic E-state index is 13.8. The van der Waals surface area contributed by atoms with Crippen molar-refractivity contribution in [2.45, 2.75) is 10.1 Å². The lowest BCUT2D eigenvalue weighted by Gasteiger charge is -2.18. The average Bonchev–Trinajstić information content (AvgIpc) is 3.64. The summed E-state index contributed by atoms with van der Waals surface area (Å²) in [6.45, 7) is 0. The van der Waals surface area contributed by atoms with Crippen LogP contribution in [-0.2, 0) is 9.59 Å². The summed E-state index contributed by atoms with van der Waals surface area (Å²) in [6.07, 6.45) is 1.44. The van der Waals surface area contributed by atoms with E-state index in [4.69, 9.17) is 27.6 Å². The molecule has 0 spiro atoms. The minimum absolute atomic E-state index is 0.0556. The van der Waals surface area contributed by atoms with E-state index in [2.05, 4.69) is 20.9 Å². The van der Waals surface area contributed by atoms with Gasteiger partial charge in [-0.25, -0.2) is 4.98 Å². The summed E-state index contributed by atoms with van der Waals surface area (Å²) >= 11 is 14.2. The lowest BCUT2D eigenvalue weighted by molar-refractivity contribution is -0.116. The number of para-hydroxylation sites is 2. The number of thioether (sulfide) groups is 1. The van der Waals surface area contributed by atoms with Crippen molar-refractivity contribution < 1.29 is 18.8 Å². The van der Waals surface area contributed by atoms with Crippen molar-refractivity contribution in [3.63, 3.8) is 0 Å². The molecule has 0 saturated carbocycles. The molecule has 1 heterocycles. The maximum Gasteiger partial charge on any atom is 0.272 e. The number of nitrogens with one attached hydrogen (secondary N) is 3. The Balaban J connectivity index is 1.06. The van der Waals surface area contributed by atoms with Crippen molar-refractivity contribution in [3.8, 4) is 11.5 Å². The number of halogens is 2. The highest BCUT2D eigenvalue weighted by atomic mass is 35.5. The quantitative estimate of drug-likeness (QED) is 0.0892. The number of rotatable bonds is 11. The van der Waals surface area contributed by atoms with E-state index in [-0.39, 0.29) is 11.6 Å². The fourth-order valence-corrected chi connectivity index (χ4v) is 7.02. The molecule has 8 nitrogen and oxygen atoms in total. The summed E-state index contributed by atoms with van der Waals surface area (Å²) in [5, 5.41) is 8.63. The minimum atomic E-state index is -0.591.